The van der Waals surface area contributed by atoms with E-state index >= 15 is 0 Å². The van der Waals surface area contributed by atoms with Crippen molar-refractivity contribution in [2.75, 3.05) is 13.2 Å². The molecule has 0 aliphatic rings. The number of rotatable bonds is 6. The molecule has 0 saturated carbocycles. The van der Waals surface area contributed by atoms with E-state index in [1.807, 2.05) is 13.8 Å². The van der Waals surface area contributed by atoms with Crippen LogP contribution >= 0.6 is 0 Å². The second kappa shape index (κ2) is 5.60. The first-order chi connectivity index (χ1) is 7.54. The minimum Gasteiger partial charge on any atom is -0.381 e. The van der Waals surface area contributed by atoms with Crippen LogP contribution in [0.5, 0.6) is 0 Å². The highest BCUT2D eigenvalue weighted by molar-refractivity contribution is 5.21. The van der Waals surface area contributed by atoms with E-state index in [1.165, 1.54) is 10.7 Å². The van der Waals surface area contributed by atoms with Gasteiger partial charge in [0.2, 0.25) is 0 Å². The van der Waals surface area contributed by atoms with Crippen LogP contribution in [-0.2, 0) is 11.3 Å². The van der Waals surface area contributed by atoms with E-state index in [0.717, 1.165) is 0 Å². The van der Waals surface area contributed by atoms with Crippen LogP contribution in [0.1, 0.15) is 19.5 Å². The summed E-state index contributed by atoms with van der Waals surface area (Å²) in [6, 6.07) is 1.48. The summed E-state index contributed by atoms with van der Waals surface area (Å²) in [5, 5.41) is 14.8. The van der Waals surface area contributed by atoms with Gasteiger partial charge in [-0.15, -0.1) is 4.68 Å². The van der Waals surface area contributed by atoms with Gasteiger partial charge in [-0.1, -0.05) is 12.0 Å². The van der Waals surface area contributed by atoms with Gasteiger partial charge in [-0.05, 0) is 18.8 Å². The van der Waals surface area contributed by atoms with Crippen molar-refractivity contribution in [3.8, 4) is 0 Å². The molecule has 0 fully saturated rings. The average molecular weight is 227 g/mol. The number of aryl methyl sites for hydroxylation is 1. The zero-order valence-corrected chi connectivity index (χ0v) is 9.84. The zero-order valence-electron chi connectivity index (χ0n) is 9.84. The average Bonchev–Trinajstić information content (AvgIpc) is 2.56. The predicted octanol–water partition coefficient (Wildman–Crippen LogP) is 1.77. The topological polar surface area (TPSA) is 70.2 Å². The maximum Gasteiger partial charge on any atom is 0.345 e. The molecular formula is C10H17N3O3. The molecule has 0 spiro atoms. The molecule has 6 nitrogen and oxygen atoms in total. The fraction of sp³-hybridized carbons (Fsp3) is 0.700. The Hall–Kier alpha value is -1.43. The first kappa shape index (κ1) is 12.6. The highest BCUT2D eigenvalue weighted by Gasteiger charge is 2.18. The largest absolute Gasteiger partial charge is 0.381 e. The molecular weight excluding hydrogens is 210 g/mol. The van der Waals surface area contributed by atoms with E-state index in [0.29, 0.717) is 25.5 Å². The maximum absolute atomic E-state index is 10.7. The van der Waals surface area contributed by atoms with Crippen molar-refractivity contribution in [1.82, 2.24) is 9.78 Å². The van der Waals surface area contributed by atoms with E-state index in [4.69, 9.17) is 4.74 Å². The van der Waals surface area contributed by atoms with Crippen LogP contribution in [0.4, 0.5) is 5.82 Å². The van der Waals surface area contributed by atoms with Gasteiger partial charge >= 0.3 is 5.82 Å². The summed E-state index contributed by atoms with van der Waals surface area (Å²) in [5.41, 5.74) is 0.662. The molecule has 0 N–H and O–H groups in total. The number of nitrogens with zero attached hydrogens (tertiary/aromatic N) is 3. The molecule has 1 heterocycles. The molecule has 1 atom stereocenters. The number of ether oxygens (including phenoxy) is 1. The van der Waals surface area contributed by atoms with E-state index in [1.54, 1.807) is 6.92 Å². The van der Waals surface area contributed by atoms with Gasteiger partial charge in [-0.25, -0.2) is 0 Å². The predicted molar refractivity (Wildman–Crippen MR) is 59.3 cm³/mol. The van der Waals surface area contributed by atoms with Gasteiger partial charge in [0.05, 0.1) is 18.4 Å². The van der Waals surface area contributed by atoms with Gasteiger partial charge in [0, 0.05) is 12.5 Å². The highest BCUT2D eigenvalue weighted by atomic mass is 16.6. The number of aromatic nitrogens is 2. The second-order valence-electron chi connectivity index (χ2n) is 3.85. The fourth-order valence-corrected chi connectivity index (χ4v) is 1.48. The molecule has 0 radical (unpaired) electrons. The first-order valence-electron chi connectivity index (χ1n) is 5.31. The summed E-state index contributed by atoms with van der Waals surface area (Å²) in [4.78, 5) is 10.3. The summed E-state index contributed by atoms with van der Waals surface area (Å²) in [5.74, 6) is 0.249. The van der Waals surface area contributed by atoms with Crippen LogP contribution in [-0.4, -0.2) is 27.9 Å². The molecule has 1 unspecified atom stereocenters. The molecule has 1 aromatic rings. The second-order valence-corrected chi connectivity index (χ2v) is 3.85. The van der Waals surface area contributed by atoms with Gasteiger partial charge in [0.15, 0.2) is 0 Å². The molecule has 0 aromatic carbocycles. The van der Waals surface area contributed by atoms with E-state index in [2.05, 4.69) is 5.10 Å². The van der Waals surface area contributed by atoms with Gasteiger partial charge in [0.25, 0.3) is 0 Å². The molecule has 1 rings (SSSR count). The summed E-state index contributed by atoms with van der Waals surface area (Å²) in [6.07, 6.45) is 0. The third-order valence-corrected chi connectivity index (χ3v) is 2.16. The Kier molecular flexibility index (Phi) is 4.42. The molecule has 0 amide bonds. The van der Waals surface area contributed by atoms with Crippen LogP contribution in [0.15, 0.2) is 6.07 Å². The molecule has 90 valence electrons. The zero-order chi connectivity index (χ0) is 12.1. The third-order valence-electron chi connectivity index (χ3n) is 2.16. The quantitative estimate of drug-likeness (QED) is 0.548. The van der Waals surface area contributed by atoms with Crippen molar-refractivity contribution in [2.45, 2.75) is 27.3 Å². The SMILES string of the molecule is CCOCC(C)Cn1nc(C)cc1[N+](=O)[O-]. The minimum absolute atomic E-state index is 0.0425. The molecule has 0 saturated heterocycles. The van der Waals surface area contributed by atoms with Crippen LogP contribution in [0.2, 0.25) is 0 Å². The smallest absolute Gasteiger partial charge is 0.345 e. The van der Waals surface area contributed by atoms with Crippen molar-refractivity contribution in [3.05, 3.63) is 21.9 Å². The molecule has 0 bridgehead atoms. The molecule has 1 aromatic heterocycles. The molecule has 0 aliphatic carbocycles. The lowest BCUT2D eigenvalue weighted by Gasteiger charge is -2.08. The molecule has 16 heavy (non-hydrogen) atoms. The number of hydrogen-bond acceptors (Lipinski definition) is 4. The van der Waals surface area contributed by atoms with Gasteiger partial charge in [-0.2, -0.15) is 0 Å². The maximum atomic E-state index is 10.7. The molecule has 0 aliphatic heterocycles. The van der Waals surface area contributed by atoms with Crippen molar-refractivity contribution in [3.63, 3.8) is 0 Å². The number of hydrogen-bond donors (Lipinski definition) is 0. The fourth-order valence-electron chi connectivity index (χ4n) is 1.48. The van der Waals surface area contributed by atoms with Gasteiger partial charge < -0.3 is 14.9 Å². The Morgan fingerprint density at radius 2 is 2.38 bits per heavy atom. The summed E-state index contributed by atoms with van der Waals surface area (Å²) in [6.45, 7) is 7.40. The standard InChI is InChI=1S/C10H17N3O3/c1-4-16-7-8(2)6-12-10(13(14)15)5-9(3)11-12/h5,8H,4,6-7H2,1-3H3. The van der Waals surface area contributed by atoms with Crippen LogP contribution in [0, 0.1) is 23.0 Å². The lowest BCUT2D eigenvalue weighted by atomic mass is 10.2. The van der Waals surface area contributed by atoms with E-state index in [-0.39, 0.29) is 11.7 Å². The number of nitro groups is 1. The summed E-state index contributed by atoms with van der Waals surface area (Å²) < 4.78 is 6.69. The van der Waals surface area contributed by atoms with Gasteiger partial charge in [-0.3, -0.25) is 0 Å². The van der Waals surface area contributed by atoms with Gasteiger partial charge in [0.1, 0.15) is 6.54 Å². The lowest BCUT2D eigenvalue weighted by Crippen LogP contribution is -2.16. The van der Waals surface area contributed by atoms with Crippen molar-refractivity contribution >= 4 is 5.82 Å². The Bertz CT molecular complexity index is 362. The van der Waals surface area contributed by atoms with E-state index in [9.17, 15) is 10.1 Å². The normalized spacial score (nSPS) is 12.7. The van der Waals surface area contributed by atoms with Crippen molar-refractivity contribution < 1.29 is 9.66 Å². The van der Waals surface area contributed by atoms with Crippen LogP contribution in [0.25, 0.3) is 0 Å². The summed E-state index contributed by atoms with van der Waals surface area (Å²) in [7, 11) is 0. The highest BCUT2D eigenvalue weighted by Crippen LogP contribution is 2.15. The Balaban J connectivity index is 2.68. The van der Waals surface area contributed by atoms with Crippen molar-refractivity contribution in [2.24, 2.45) is 5.92 Å². The third kappa shape index (κ3) is 3.30. The Morgan fingerprint density at radius 3 is 2.94 bits per heavy atom. The lowest BCUT2D eigenvalue weighted by molar-refractivity contribution is -0.392. The molecule has 6 heteroatoms. The van der Waals surface area contributed by atoms with E-state index < -0.39 is 4.92 Å². The minimum atomic E-state index is -0.409. The first-order valence-corrected chi connectivity index (χ1v) is 5.31. The summed E-state index contributed by atoms with van der Waals surface area (Å²) >= 11 is 0. The van der Waals surface area contributed by atoms with Crippen molar-refractivity contribution in [1.29, 1.82) is 0 Å². The Labute approximate surface area is 94.4 Å². The van der Waals surface area contributed by atoms with Crippen LogP contribution < -0.4 is 0 Å². The monoisotopic (exact) mass is 227 g/mol. The van der Waals surface area contributed by atoms with Crippen LogP contribution in [0.3, 0.4) is 0 Å². The Morgan fingerprint density at radius 1 is 1.69 bits per heavy atom.